The first-order valence-electron chi connectivity index (χ1n) is 6.12. The van der Waals surface area contributed by atoms with Crippen LogP contribution in [0.5, 0.6) is 5.75 Å². The van der Waals surface area contributed by atoms with Gasteiger partial charge >= 0.3 is 0 Å². The number of rotatable bonds is 4. The average molecular weight is 258 g/mol. The van der Waals surface area contributed by atoms with Gasteiger partial charge in [0.1, 0.15) is 11.6 Å². The number of carbonyl (C=O) groups excluding carboxylic acids is 1. The van der Waals surface area contributed by atoms with Crippen molar-refractivity contribution in [3.63, 3.8) is 0 Å². The SMILES string of the molecule is CC(C)c1ccc(-c2cccc(OC=O)c2)c(F)c1. The van der Waals surface area contributed by atoms with Gasteiger partial charge in [-0.15, -0.1) is 0 Å². The summed E-state index contributed by atoms with van der Waals surface area (Å²) in [7, 11) is 0. The molecule has 0 atom stereocenters. The number of hydrogen-bond donors (Lipinski definition) is 0. The van der Waals surface area contributed by atoms with E-state index in [0.29, 0.717) is 23.3 Å². The van der Waals surface area contributed by atoms with Gasteiger partial charge in [0, 0.05) is 5.56 Å². The Kier molecular flexibility index (Phi) is 3.95. The summed E-state index contributed by atoms with van der Waals surface area (Å²) in [6.45, 7) is 4.40. The third-order valence-corrected chi connectivity index (χ3v) is 2.99. The van der Waals surface area contributed by atoms with Gasteiger partial charge in [-0.3, -0.25) is 4.79 Å². The summed E-state index contributed by atoms with van der Waals surface area (Å²) >= 11 is 0. The van der Waals surface area contributed by atoms with Crippen LogP contribution in [0.1, 0.15) is 25.3 Å². The highest BCUT2D eigenvalue weighted by Crippen LogP contribution is 2.28. The second kappa shape index (κ2) is 5.65. The van der Waals surface area contributed by atoms with Crippen molar-refractivity contribution in [2.75, 3.05) is 0 Å². The van der Waals surface area contributed by atoms with Crippen LogP contribution in [0.3, 0.4) is 0 Å². The number of ether oxygens (including phenoxy) is 1. The molecular formula is C16H15FO2. The molecule has 2 nitrogen and oxygen atoms in total. The molecule has 0 aliphatic rings. The molecular weight excluding hydrogens is 243 g/mol. The fraction of sp³-hybridized carbons (Fsp3) is 0.188. The molecule has 0 spiro atoms. The first kappa shape index (κ1) is 13.3. The Balaban J connectivity index is 2.41. The first-order chi connectivity index (χ1) is 9.11. The lowest BCUT2D eigenvalue weighted by molar-refractivity contribution is -0.120. The zero-order chi connectivity index (χ0) is 13.8. The molecule has 2 rings (SSSR count). The number of carbonyl (C=O) groups is 1. The van der Waals surface area contributed by atoms with Crippen molar-refractivity contribution < 1.29 is 13.9 Å². The van der Waals surface area contributed by atoms with E-state index >= 15 is 0 Å². The molecule has 0 heterocycles. The maximum Gasteiger partial charge on any atom is 0.298 e. The van der Waals surface area contributed by atoms with E-state index in [1.54, 1.807) is 36.4 Å². The van der Waals surface area contributed by atoms with E-state index in [9.17, 15) is 9.18 Å². The second-order valence-corrected chi connectivity index (χ2v) is 4.64. The van der Waals surface area contributed by atoms with Crippen LogP contribution in [-0.4, -0.2) is 6.47 Å². The quantitative estimate of drug-likeness (QED) is 0.770. The molecule has 0 fully saturated rings. The van der Waals surface area contributed by atoms with Crippen LogP contribution in [0.2, 0.25) is 0 Å². The van der Waals surface area contributed by atoms with Gasteiger partial charge in [-0.1, -0.05) is 38.1 Å². The van der Waals surface area contributed by atoms with Crippen LogP contribution < -0.4 is 4.74 Å². The summed E-state index contributed by atoms with van der Waals surface area (Å²) in [5.41, 5.74) is 2.15. The van der Waals surface area contributed by atoms with Crippen molar-refractivity contribution in [1.29, 1.82) is 0 Å². The van der Waals surface area contributed by atoms with Crippen molar-refractivity contribution in [2.45, 2.75) is 19.8 Å². The lowest BCUT2D eigenvalue weighted by Gasteiger charge is -2.09. The monoisotopic (exact) mass is 258 g/mol. The van der Waals surface area contributed by atoms with Crippen molar-refractivity contribution in [2.24, 2.45) is 0 Å². The summed E-state index contributed by atoms with van der Waals surface area (Å²) in [5.74, 6) is 0.419. The normalized spacial score (nSPS) is 10.5. The highest BCUT2D eigenvalue weighted by Gasteiger charge is 2.08. The molecule has 0 amide bonds. The van der Waals surface area contributed by atoms with Crippen LogP contribution in [0.4, 0.5) is 4.39 Å². The molecule has 0 N–H and O–H groups in total. The van der Waals surface area contributed by atoms with Gasteiger partial charge in [0.25, 0.3) is 6.47 Å². The zero-order valence-electron chi connectivity index (χ0n) is 10.9. The van der Waals surface area contributed by atoms with Gasteiger partial charge in [-0.25, -0.2) is 4.39 Å². The molecule has 2 aromatic carbocycles. The molecule has 0 radical (unpaired) electrons. The molecule has 0 aliphatic heterocycles. The molecule has 98 valence electrons. The van der Waals surface area contributed by atoms with Crippen LogP contribution in [0.25, 0.3) is 11.1 Å². The van der Waals surface area contributed by atoms with Gasteiger partial charge < -0.3 is 4.74 Å². The van der Waals surface area contributed by atoms with Crippen molar-refractivity contribution in [3.8, 4) is 16.9 Å². The van der Waals surface area contributed by atoms with Crippen molar-refractivity contribution >= 4 is 6.47 Å². The van der Waals surface area contributed by atoms with Gasteiger partial charge in [-0.2, -0.15) is 0 Å². The van der Waals surface area contributed by atoms with Crippen LogP contribution in [-0.2, 0) is 4.79 Å². The van der Waals surface area contributed by atoms with Gasteiger partial charge in [0.15, 0.2) is 0 Å². The minimum absolute atomic E-state index is 0.269. The van der Waals surface area contributed by atoms with E-state index in [-0.39, 0.29) is 11.7 Å². The zero-order valence-corrected chi connectivity index (χ0v) is 10.9. The van der Waals surface area contributed by atoms with Crippen LogP contribution >= 0.6 is 0 Å². The van der Waals surface area contributed by atoms with Gasteiger partial charge in [0.2, 0.25) is 0 Å². The van der Waals surface area contributed by atoms with Crippen LogP contribution in [0.15, 0.2) is 42.5 Å². The third-order valence-electron chi connectivity index (χ3n) is 2.99. The Hall–Kier alpha value is -2.16. The second-order valence-electron chi connectivity index (χ2n) is 4.64. The topological polar surface area (TPSA) is 26.3 Å². The predicted molar refractivity (Wildman–Crippen MR) is 72.6 cm³/mol. The van der Waals surface area contributed by atoms with Crippen molar-refractivity contribution in [3.05, 3.63) is 53.8 Å². The number of benzene rings is 2. The molecule has 0 aliphatic carbocycles. The Labute approximate surface area is 111 Å². The summed E-state index contributed by atoms with van der Waals surface area (Å²) in [6.07, 6.45) is 0. The molecule has 0 bridgehead atoms. The van der Waals surface area contributed by atoms with Crippen LogP contribution in [0, 0.1) is 5.82 Å². The minimum atomic E-state index is -0.269. The number of halogens is 1. The summed E-state index contributed by atoms with van der Waals surface area (Å²) in [6, 6.07) is 12.0. The Bertz CT molecular complexity index is 591. The molecule has 0 aromatic heterocycles. The standard InChI is InChI=1S/C16H15FO2/c1-11(2)12-6-7-15(16(17)9-12)13-4-3-5-14(8-13)19-10-18/h3-11H,1-2H3. The fourth-order valence-corrected chi connectivity index (χ4v) is 1.92. The third kappa shape index (κ3) is 2.99. The Morgan fingerprint density at radius 2 is 1.95 bits per heavy atom. The van der Waals surface area contributed by atoms with Crippen molar-refractivity contribution in [1.82, 2.24) is 0 Å². The fourth-order valence-electron chi connectivity index (χ4n) is 1.92. The van der Waals surface area contributed by atoms with E-state index in [1.165, 1.54) is 0 Å². The Morgan fingerprint density at radius 3 is 2.58 bits per heavy atom. The van der Waals surface area contributed by atoms with Gasteiger partial charge in [-0.05, 0) is 35.2 Å². The predicted octanol–water partition coefficient (Wildman–Crippen LogP) is 4.15. The highest BCUT2D eigenvalue weighted by molar-refractivity contribution is 5.66. The van der Waals surface area contributed by atoms with E-state index in [0.717, 1.165) is 5.56 Å². The smallest absolute Gasteiger partial charge is 0.298 e. The summed E-state index contributed by atoms with van der Waals surface area (Å²) < 4.78 is 18.9. The maximum atomic E-state index is 14.1. The Morgan fingerprint density at radius 1 is 1.16 bits per heavy atom. The molecule has 0 unspecified atom stereocenters. The molecule has 19 heavy (non-hydrogen) atoms. The highest BCUT2D eigenvalue weighted by atomic mass is 19.1. The lowest BCUT2D eigenvalue weighted by atomic mass is 9.98. The van der Waals surface area contributed by atoms with E-state index < -0.39 is 0 Å². The first-order valence-corrected chi connectivity index (χ1v) is 6.12. The largest absolute Gasteiger partial charge is 0.429 e. The molecule has 2 aromatic rings. The minimum Gasteiger partial charge on any atom is -0.429 e. The lowest BCUT2D eigenvalue weighted by Crippen LogP contribution is -1.92. The number of hydrogen-bond acceptors (Lipinski definition) is 2. The van der Waals surface area contributed by atoms with E-state index in [1.807, 2.05) is 19.9 Å². The molecule has 0 saturated heterocycles. The maximum absolute atomic E-state index is 14.1. The average Bonchev–Trinajstić information content (AvgIpc) is 2.39. The van der Waals surface area contributed by atoms with E-state index in [2.05, 4.69) is 0 Å². The van der Waals surface area contributed by atoms with Gasteiger partial charge in [0.05, 0.1) is 0 Å². The summed E-state index contributed by atoms with van der Waals surface area (Å²) in [5, 5.41) is 0. The summed E-state index contributed by atoms with van der Waals surface area (Å²) in [4.78, 5) is 10.3. The van der Waals surface area contributed by atoms with E-state index in [4.69, 9.17) is 4.74 Å². The molecule has 3 heteroatoms. The molecule has 0 saturated carbocycles.